The van der Waals surface area contributed by atoms with Crippen LogP contribution in [0.5, 0.6) is 0 Å². The molecule has 0 radical (unpaired) electrons. The molecule has 19 heavy (non-hydrogen) atoms. The third-order valence-electron chi connectivity index (χ3n) is 4.16. The number of rotatable bonds is 4. The van der Waals surface area contributed by atoms with Gasteiger partial charge in [0.15, 0.2) is 0 Å². The van der Waals surface area contributed by atoms with Gasteiger partial charge in [0.25, 0.3) is 0 Å². The maximum atomic E-state index is 6.06. The number of hydrogen-bond acceptors (Lipinski definition) is 3. The summed E-state index contributed by atoms with van der Waals surface area (Å²) in [6, 6.07) is 8.28. The Morgan fingerprint density at radius 3 is 3.05 bits per heavy atom. The fourth-order valence-electron chi connectivity index (χ4n) is 3.07. The zero-order chi connectivity index (χ0) is 13.2. The minimum Gasteiger partial charge on any atom is -0.371 e. The van der Waals surface area contributed by atoms with Crippen LogP contribution in [-0.4, -0.2) is 22.4 Å². The molecule has 2 N–H and O–H groups in total. The van der Waals surface area contributed by atoms with Crippen molar-refractivity contribution in [3.8, 4) is 0 Å². The highest BCUT2D eigenvalue weighted by Crippen LogP contribution is 2.28. The van der Waals surface area contributed by atoms with Crippen molar-refractivity contribution in [3.05, 3.63) is 30.0 Å². The van der Waals surface area contributed by atoms with Crippen LogP contribution in [0.1, 0.15) is 25.0 Å². The van der Waals surface area contributed by atoms with E-state index < -0.39 is 0 Å². The van der Waals surface area contributed by atoms with Gasteiger partial charge in [-0.15, -0.1) is 0 Å². The van der Waals surface area contributed by atoms with E-state index in [1.54, 1.807) is 0 Å². The van der Waals surface area contributed by atoms with Crippen molar-refractivity contribution in [1.29, 1.82) is 0 Å². The molecule has 1 saturated carbocycles. The van der Waals surface area contributed by atoms with Gasteiger partial charge in [0, 0.05) is 12.4 Å². The van der Waals surface area contributed by atoms with Crippen LogP contribution in [0.2, 0.25) is 0 Å². The van der Waals surface area contributed by atoms with Gasteiger partial charge < -0.3 is 10.5 Å². The zero-order valence-electron chi connectivity index (χ0n) is 11.4. The van der Waals surface area contributed by atoms with E-state index >= 15 is 0 Å². The van der Waals surface area contributed by atoms with Crippen LogP contribution >= 0.6 is 0 Å². The number of nitrogens with zero attached hydrogens (tertiary/aromatic N) is 2. The molecule has 1 aromatic carbocycles. The fourth-order valence-corrected chi connectivity index (χ4v) is 3.07. The van der Waals surface area contributed by atoms with Crippen molar-refractivity contribution in [2.75, 3.05) is 6.54 Å². The molecule has 2 unspecified atom stereocenters. The quantitative estimate of drug-likeness (QED) is 0.916. The first-order valence-corrected chi connectivity index (χ1v) is 7.02. The third kappa shape index (κ3) is 2.38. The first-order chi connectivity index (χ1) is 9.29. The van der Waals surface area contributed by atoms with Crippen LogP contribution < -0.4 is 5.73 Å². The van der Waals surface area contributed by atoms with Gasteiger partial charge in [-0.1, -0.05) is 24.6 Å². The number of nitrogens with two attached hydrogens (primary N) is 1. The lowest BCUT2D eigenvalue weighted by molar-refractivity contribution is 0.0169. The van der Waals surface area contributed by atoms with Crippen molar-refractivity contribution in [2.45, 2.75) is 32.0 Å². The Labute approximate surface area is 113 Å². The second kappa shape index (κ2) is 5.31. The highest BCUT2D eigenvalue weighted by Gasteiger charge is 2.27. The predicted molar refractivity (Wildman–Crippen MR) is 75.7 cm³/mol. The van der Waals surface area contributed by atoms with Crippen LogP contribution in [0.15, 0.2) is 24.3 Å². The Kier molecular flexibility index (Phi) is 3.53. The molecule has 4 heteroatoms. The van der Waals surface area contributed by atoms with Gasteiger partial charge in [-0.25, -0.2) is 0 Å². The average Bonchev–Trinajstić information content (AvgIpc) is 3.02. The topological polar surface area (TPSA) is 53.1 Å². The van der Waals surface area contributed by atoms with E-state index in [4.69, 9.17) is 10.5 Å². The number of aromatic nitrogens is 2. The van der Waals surface area contributed by atoms with Crippen LogP contribution in [0.25, 0.3) is 10.9 Å². The van der Waals surface area contributed by atoms with Crippen molar-refractivity contribution >= 4 is 10.9 Å². The number of para-hydroxylation sites is 1. The predicted octanol–water partition coefficient (Wildman–Crippen LogP) is 2.22. The number of fused-ring (bicyclic) bond motifs is 1. The molecule has 3 rings (SSSR count). The molecule has 0 bridgehead atoms. The molecule has 1 aliphatic carbocycles. The molecule has 0 saturated heterocycles. The number of ether oxygens (including phenoxy) is 1. The SMILES string of the molecule is Cn1nc(COC2CCCC2CN)c2ccccc21. The van der Waals surface area contributed by atoms with E-state index in [2.05, 4.69) is 17.2 Å². The number of hydrogen-bond donors (Lipinski definition) is 1. The molecule has 4 nitrogen and oxygen atoms in total. The van der Waals surface area contributed by atoms with Crippen LogP contribution in [0, 0.1) is 5.92 Å². The summed E-state index contributed by atoms with van der Waals surface area (Å²) in [5.41, 5.74) is 7.97. The van der Waals surface area contributed by atoms with Crippen molar-refractivity contribution < 1.29 is 4.74 Å². The molecule has 102 valence electrons. The Morgan fingerprint density at radius 2 is 2.21 bits per heavy atom. The first kappa shape index (κ1) is 12.6. The third-order valence-corrected chi connectivity index (χ3v) is 4.16. The Morgan fingerprint density at radius 1 is 1.37 bits per heavy atom. The van der Waals surface area contributed by atoms with Gasteiger partial charge >= 0.3 is 0 Å². The van der Waals surface area contributed by atoms with Crippen molar-refractivity contribution in [2.24, 2.45) is 18.7 Å². The van der Waals surface area contributed by atoms with Gasteiger partial charge in [-0.2, -0.15) is 5.10 Å². The lowest BCUT2D eigenvalue weighted by atomic mass is 10.1. The molecule has 2 atom stereocenters. The zero-order valence-corrected chi connectivity index (χ0v) is 11.4. The summed E-state index contributed by atoms with van der Waals surface area (Å²) in [5.74, 6) is 0.523. The molecule has 0 aliphatic heterocycles. The molecular formula is C15H21N3O. The minimum atomic E-state index is 0.311. The summed E-state index contributed by atoms with van der Waals surface area (Å²) in [6.07, 6.45) is 3.87. The molecule has 0 spiro atoms. The van der Waals surface area contributed by atoms with Crippen molar-refractivity contribution in [3.63, 3.8) is 0 Å². The molecule has 1 heterocycles. The molecule has 1 fully saturated rings. The molecule has 0 amide bonds. The Balaban J connectivity index is 1.75. The Bertz CT molecular complexity index is 564. The summed E-state index contributed by atoms with van der Waals surface area (Å²) in [7, 11) is 1.98. The van der Waals surface area contributed by atoms with Gasteiger partial charge in [0.05, 0.1) is 23.9 Å². The molecule has 1 aromatic heterocycles. The highest BCUT2D eigenvalue weighted by molar-refractivity contribution is 5.81. The van der Waals surface area contributed by atoms with E-state index in [9.17, 15) is 0 Å². The van der Waals surface area contributed by atoms with E-state index in [1.807, 2.05) is 23.9 Å². The second-order valence-corrected chi connectivity index (χ2v) is 5.36. The monoisotopic (exact) mass is 259 g/mol. The molecule has 2 aromatic rings. The summed E-state index contributed by atoms with van der Waals surface area (Å²) in [4.78, 5) is 0. The standard InChI is InChI=1S/C15H21N3O/c1-18-14-7-3-2-6-12(14)13(17-18)10-19-15-8-4-5-11(15)9-16/h2-3,6-7,11,15H,4-5,8-10,16H2,1H3. The van der Waals surface area contributed by atoms with E-state index in [-0.39, 0.29) is 0 Å². The van der Waals surface area contributed by atoms with Crippen LogP contribution in [0.4, 0.5) is 0 Å². The molecular weight excluding hydrogens is 238 g/mol. The number of aryl methyl sites for hydroxylation is 1. The lowest BCUT2D eigenvalue weighted by Gasteiger charge is -2.17. The maximum Gasteiger partial charge on any atom is 0.0960 e. The normalized spacial score (nSPS) is 23.3. The molecule has 1 aliphatic rings. The number of benzene rings is 1. The summed E-state index contributed by atoms with van der Waals surface area (Å²) in [6.45, 7) is 1.32. The maximum absolute atomic E-state index is 6.06. The smallest absolute Gasteiger partial charge is 0.0960 e. The summed E-state index contributed by atoms with van der Waals surface area (Å²) < 4.78 is 7.98. The lowest BCUT2D eigenvalue weighted by Crippen LogP contribution is -2.25. The van der Waals surface area contributed by atoms with Gasteiger partial charge in [-0.3, -0.25) is 4.68 Å². The first-order valence-electron chi connectivity index (χ1n) is 7.02. The van der Waals surface area contributed by atoms with Crippen LogP contribution in [-0.2, 0) is 18.4 Å². The largest absolute Gasteiger partial charge is 0.371 e. The average molecular weight is 259 g/mol. The highest BCUT2D eigenvalue weighted by atomic mass is 16.5. The summed E-state index contributed by atoms with van der Waals surface area (Å²) >= 11 is 0. The van der Waals surface area contributed by atoms with Gasteiger partial charge in [-0.05, 0) is 31.4 Å². The minimum absolute atomic E-state index is 0.311. The van der Waals surface area contributed by atoms with E-state index in [0.29, 0.717) is 18.6 Å². The van der Waals surface area contributed by atoms with Crippen molar-refractivity contribution in [1.82, 2.24) is 9.78 Å². The van der Waals surface area contributed by atoms with Gasteiger partial charge in [0.1, 0.15) is 0 Å². The van der Waals surface area contributed by atoms with E-state index in [1.165, 1.54) is 18.2 Å². The Hall–Kier alpha value is -1.39. The van der Waals surface area contributed by atoms with E-state index in [0.717, 1.165) is 24.2 Å². The van der Waals surface area contributed by atoms with Gasteiger partial charge in [0.2, 0.25) is 0 Å². The second-order valence-electron chi connectivity index (χ2n) is 5.36. The summed E-state index contributed by atoms with van der Waals surface area (Å²) in [5, 5.41) is 5.75. The fraction of sp³-hybridized carbons (Fsp3) is 0.533. The van der Waals surface area contributed by atoms with Crippen LogP contribution in [0.3, 0.4) is 0 Å².